The lowest BCUT2D eigenvalue weighted by molar-refractivity contribution is 0.306. The van der Waals surface area contributed by atoms with Gasteiger partial charge in [0.15, 0.2) is 0 Å². The number of nitrogens with one attached hydrogen (secondary N) is 2. The number of amidine groups is 2. The Balaban J connectivity index is 1.39. The fourth-order valence-corrected chi connectivity index (χ4v) is 4.24. The first-order chi connectivity index (χ1) is 17.6. The number of nitrogens with zero attached hydrogens (tertiary/aromatic N) is 2. The summed E-state index contributed by atoms with van der Waals surface area (Å²) in [5.41, 5.74) is 19.8. The minimum Gasteiger partial charge on any atom is -0.394 e. The van der Waals surface area contributed by atoms with Crippen molar-refractivity contribution < 1.29 is 10.2 Å². The molecule has 0 spiro atoms. The molecule has 182 valence electrons. The average molecular weight is 481 g/mol. The second kappa shape index (κ2) is 10.1. The zero-order valence-corrected chi connectivity index (χ0v) is 19.7. The van der Waals surface area contributed by atoms with Crippen molar-refractivity contribution >= 4 is 33.5 Å². The van der Waals surface area contributed by atoms with Crippen molar-refractivity contribution in [2.24, 2.45) is 21.5 Å². The van der Waals surface area contributed by atoms with E-state index in [-0.39, 0.29) is 26.3 Å². The first-order valence-electron chi connectivity index (χ1n) is 11.7. The lowest BCUT2D eigenvalue weighted by atomic mass is 10.1. The number of aliphatic hydroxyl groups excluding tert-OH is 2. The molecule has 8 N–H and O–H groups in total. The van der Waals surface area contributed by atoms with Gasteiger partial charge in [0.25, 0.3) is 0 Å². The maximum absolute atomic E-state index is 8.96. The number of rotatable bonds is 8. The number of aliphatic imine (C=N–C) groups is 2. The molecule has 0 radical (unpaired) electrons. The molecule has 5 rings (SSSR count). The van der Waals surface area contributed by atoms with E-state index in [4.69, 9.17) is 21.7 Å². The number of hydrogen-bond acceptors (Lipinski definition) is 4. The molecule has 2 aromatic heterocycles. The molecule has 0 unspecified atom stereocenters. The van der Waals surface area contributed by atoms with Gasteiger partial charge >= 0.3 is 0 Å². The van der Waals surface area contributed by atoms with Crippen molar-refractivity contribution in [2.75, 3.05) is 26.3 Å². The zero-order chi connectivity index (χ0) is 25.1. The lowest BCUT2D eigenvalue weighted by Crippen LogP contribution is -2.14. The van der Waals surface area contributed by atoms with Crippen LogP contribution < -0.4 is 11.5 Å². The van der Waals surface area contributed by atoms with Gasteiger partial charge in [0.05, 0.1) is 26.3 Å². The van der Waals surface area contributed by atoms with Crippen LogP contribution in [-0.2, 0) is 0 Å². The second-order valence-corrected chi connectivity index (χ2v) is 8.53. The summed E-state index contributed by atoms with van der Waals surface area (Å²) in [7, 11) is 0. The van der Waals surface area contributed by atoms with Gasteiger partial charge in [-0.15, -0.1) is 0 Å². The highest BCUT2D eigenvalue weighted by Gasteiger charge is 2.09. The van der Waals surface area contributed by atoms with E-state index in [1.165, 1.54) is 0 Å². The van der Waals surface area contributed by atoms with E-state index in [1.807, 2.05) is 36.4 Å². The number of aromatic amines is 2. The number of hydrogen-bond donors (Lipinski definition) is 6. The molecular weight excluding hydrogens is 452 g/mol. The van der Waals surface area contributed by atoms with Gasteiger partial charge in [0.1, 0.15) is 11.7 Å². The molecule has 5 aromatic rings. The Morgan fingerprint density at radius 1 is 0.611 bits per heavy atom. The number of benzene rings is 3. The van der Waals surface area contributed by atoms with Crippen LogP contribution in [0.5, 0.6) is 0 Å². The Morgan fingerprint density at radius 3 is 1.42 bits per heavy atom. The maximum atomic E-state index is 8.96. The molecule has 0 saturated carbocycles. The highest BCUT2D eigenvalue weighted by Crippen LogP contribution is 2.29. The molecule has 0 bridgehead atoms. The van der Waals surface area contributed by atoms with Gasteiger partial charge in [0, 0.05) is 44.3 Å². The van der Waals surface area contributed by atoms with Crippen LogP contribution in [0.15, 0.2) is 82.8 Å². The van der Waals surface area contributed by atoms with Crippen LogP contribution in [-0.4, -0.2) is 58.2 Å². The summed E-state index contributed by atoms with van der Waals surface area (Å²) in [4.78, 5) is 15.3. The molecule has 8 nitrogen and oxygen atoms in total. The third kappa shape index (κ3) is 4.72. The van der Waals surface area contributed by atoms with Crippen LogP contribution in [0.1, 0.15) is 11.1 Å². The highest BCUT2D eigenvalue weighted by molar-refractivity contribution is 6.02. The van der Waals surface area contributed by atoms with E-state index < -0.39 is 0 Å². The van der Waals surface area contributed by atoms with E-state index in [2.05, 4.69) is 56.4 Å². The molecule has 2 heterocycles. The van der Waals surface area contributed by atoms with Crippen LogP contribution in [0, 0.1) is 0 Å². The van der Waals surface area contributed by atoms with E-state index in [0.29, 0.717) is 11.7 Å². The van der Waals surface area contributed by atoms with Crippen molar-refractivity contribution in [3.63, 3.8) is 0 Å². The quantitative estimate of drug-likeness (QED) is 0.149. The van der Waals surface area contributed by atoms with Crippen LogP contribution in [0.3, 0.4) is 0 Å². The monoisotopic (exact) mass is 480 g/mol. The number of aliphatic hydroxyl groups is 2. The third-order valence-corrected chi connectivity index (χ3v) is 6.11. The standard InChI is InChI=1S/C28H28N6O2/c29-27(31-9-11-35)21-7-5-19-13-23(33-25(19)15-21)17-1-2-18(4-3-17)24-14-20-6-8-22(16-26(20)34-24)28(30)32-10-12-36/h1-8,13-16,33-36H,9-12H2,(H2,29,31)(H2,30,32). The number of aromatic nitrogens is 2. The van der Waals surface area contributed by atoms with Crippen LogP contribution >= 0.6 is 0 Å². The summed E-state index contributed by atoms with van der Waals surface area (Å²) in [6, 6.07) is 24.4. The van der Waals surface area contributed by atoms with Crippen molar-refractivity contribution in [2.45, 2.75) is 0 Å². The Hall–Kier alpha value is -4.40. The average Bonchev–Trinajstić information content (AvgIpc) is 3.53. The fraction of sp³-hybridized carbons (Fsp3) is 0.143. The molecule has 0 aliphatic heterocycles. The predicted molar refractivity (Wildman–Crippen MR) is 146 cm³/mol. The lowest BCUT2D eigenvalue weighted by Gasteiger charge is -2.02. The molecule has 0 fully saturated rings. The van der Waals surface area contributed by atoms with E-state index in [1.54, 1.807) is 0 Å². The Bertz CT molecular complexity index is 1460. The van der Waals surface area contributed by atoms with Crippen LogP contribution in [0.25, 0.3) is 44.3 Å². The normalized spacial score (nSPS) is 12.6. The van der Waals surface area contributed by atoms with Gasteiger partial charge in [0.2, 0.25) is 0 Å². The minimum absolute atomic E-state index is 0.0278. The van der Waals surface area contributed by atoms with E-state index in [9.17, 15) is 0 Å². The molecule has 0 saturated heterocycles. The van der Waals surface area contributed by atoms with Gasteiger partial charge in [-0.3, -0.25) is 9.98 Å². The molecular formula is C28H28N6O2. The van der Waals surface area contributed by atoms with Crippen molar-refractivity contribution in [1.82, 2.24) is 9.97 Å². The second-order valence-electron chi connectivity index (χ2n) is 8.53. The first-order valence-corrected chi connectivity index (χ1v) is 11.7. The zero-order valence-electron chi connectivity index (χ0n) is 19.7. The Kier molecular flexibility index (Phi) is 6.53. The van der Waals surface area contributed by atoms with Crippen molar-refractivity contribution in [1.29, 1.82) is 0 Å². The molecule has 0 aliphatic rings. The van der Waals surface area contributed by atoms with Gasteiger partial charge in [-0.25, -0.2) is 0 Å². The Labute approximate surface area is 208 Å². The van der Waals surface area contributed by atoms with E-state index in [0.717, 1.165) is 55.4 Å². The van der Waals surface area contributed by atoms with Crippen LogP contribution in [0.4, 0.5) is 0 Å². The topological polar surface area (TPSA) is 149 Å². The fourth-order valence-electron chi connectivity index (χ4n) is 4.24. The Morgan fingerprint density at radius 2 is 1.03 bits per heavy atom. The van der Waals surface area contributed by atoms with E-state index >= 15 is 0 Å². The van der Waals surface area contributed by atoms with Gasteiger partial charge in [-0.05, 0) is 35.4 Å². The molecule has 8 heteroatoms. The minimum atomic E-state index is -0.0278. The summed E-state index contributed by atoms with van der Waals surface area (Å²) < 4.78 is 0. The third-order valence-electron chi connectivity index (χ3n) is 6.11. The number of fused-ring (bicyclic) bond motifs is 2. The smallest absolute Gasteiger partial charge is 0.125 e. The molecule has 36 heavy (non-hydrogen) atoms. The molecule has 3 aromatic carbocycles. The predicted octanol–water partition coefficient (Wildman–Crippen LogP) is 3.38. The summed E-state index contributed by atoms with van der Waals surface area (Å²) in [6.45, 7) is 0.521. The molecule has 0 aliphatic carbocycles. The van der Waals surface area contributed by atoms with Crippen molar-refractivity contribution in [3.8, 4) is 22.5 Å². The summed E-state index contributed by atoms with van der Waals surface area (Å²) in [6.07, 6.45) is 0. The highest BCUT2D eigenvalue weighted by atomic mass is 16.3. The largest absolute Gasteiger partial charge is 0.394 e. The van der Waals surface area contributed by atoms with Gasteiger partial charge < -0.3 is 31.6 Å². The maximum Gasteiger partial charge on any atom is 0.125 e. The molecule has 0 amide bonds. The number of H-pyrrole nitrogens is 2. The van der Waals surface area contributed by atoms with Gasteiger partial charge in [-0.2, -0.15) is 0 Å². The summed E-state index contributed by atoms with van der Waals surface area (Å²) in [5.74, 6) is 0.828. The summed E-state index contributed by atoms with van der Waals surface area (Å²) >= 11 is 0. The van der Waals surface area contributed by atoms with Crippen molar-refractivity contribution in [3.05, 3.63) is 83.9 Å². The summed E-state index contributed by atoms with van der Waals surface area (Å²) in [5, 5.41) is 20.1. The van der Waals surface area contributed by atoms with Crippen LogP contribution in [0.2, 0.25) is 0 Å². The van der Waals surface area contributed by atoms with Gasteiger partial charge in [-0.1, -0.05) is 48.5 Å². The SMILES string of the molecule is NC(=NCCO)c1ccc2cc(-c3ccc(-c4cc5ccc(C(N)=NCCO)cc5[nH]4)cc3)[nH]c2c1. The molecule has 0 atom stereocenters. The number of nitrogens with two attached hydrogens (primary N) is 2. The first kappa shape index (κ1) is 23.3.